The molecule has 0 bridgehead atoms. The number of ether oxygens (including phenoxy) is 1. The van der Waals surface area contributed by atoms with E-state index in [2.05, 4.69) is 49.2 Å². The topological polar surface area (TPSA) is 123 Å². The molecule has 1 fully saturated rings. The van der Waals surface area contributed by atoms with Crippen LogP contribution < -0.4 is 21.3 Å². The number of amides is 1. The minimum atomic E-state index is -0.287. The minimum absolute atomic E-state index is 0.271. The van der Waals surface area contributed by atoms with Crippen LogP contribution in [-0.2, 0) is 9.53 Å². The van der Waals surface area contributed by atoms with E-state index in [1.54, 1.807) is 17.0 Å². The zero-order chi connectivity index (χ0) is 23.5. The summed E-state index contributed by atoms with van der Waals surface area (Å²) in [5, 5.41) is 5.98. The highest BCUT2D eigenvalue weighted by molar-refractivity contribution is 5.99. The molecule has 4 N–H and O–H groups in total. The van der Waals surface area contributed by atoms with Gasteiger partial charge in [0.1, 0.15) is 6.33 Å². The molecule has 2 aromatic heterocycles. The van der Waals surface area contributed by atoms with Crippen molar-refractivity contribution in [2.24, 2.45) is 0 Å². The third-order valence-corrected chi connectivity index (χ3v) is 5.50. The predicted octanol–water partition coefficient (Wildman–Crippen LogP) is 3.10. The molecule has 5 rings (SSSR count). The Bertz CT molecular complexity index is 1340. The van der Waals surface area contributed by atoms with Crippen LogP contribution in [0.2, 0.25) is 0 Å². The van der Waals surface area contributed by atoms with Gasteiger partial charge in [-0.3, -0.25) is 9.36 Å². The number of hydrogen-bond donors (Lipinski definition) is 3. The third kappa shape index (κ3) is 4.39. The zero-order valence-corrected chi connectivity index (χ0v) is 18.4. The molecule has 0 radical (unpaired) electrons. The lowest BCUT2D eigenvalue weighted by Crippen LogP contribution is -2.36. The van der Waals surface area contributed by atoms with Crippen LogP contribution in [0.1, 0.15) is 0 Å². The molecule has 0 unspecified atom stereocenters. The summed E-state index contributed by atoms with van der Waals surface area (Å²) >= 11 is 0. The maximum absolute atomic E-state index is 11.7. The lowest BCUT2D eigenvalue weighted by atomic mass is 10.2. The van der Waals surface area contributed by atoms with Gasteiger partial charge in [-0.05, 0) is 48.5 Å². The molecule has 10 heteroatoms. The van der Waals surface area contributed by atoms with Gasteiger partial charge in [-0.25, -0.2) is 4.98 Å². The van der Waals surface area contributed by atoms with Gasteiger partial charge in [0.2, 0.25) is 11.9 Å². The number of anilines is 5. The third-order valence-electron chi connectivity index (χ3n) is 5.50. The van der Waals surface area contributed by atoms with Crippen LogP contribution in [0.5, 0.6) is 0 Å². The Morgan fingerprint density at radius 1 is 1.06 bits per heavy atom. The van der Waals surface area contributed by atoms with Crippen molar-refractivity contribution in [3.8, 4) is 5.69 Å². The Hall–Kier alpha value is -4.44. The molecule has 3 heterocycles. The predicted molar refractivity (Wildman–Crippen MR) is 133 cm³/mol. The average Bonchev–Trinajstić information content (AvgIpc) is 3.30. The second kappa shape index (κ2) is 9.20. The first-order valence-electron chi connectivity index (χ1n) is 10.8. The Labute approximate surface area is 196 Å². The van der Waals surface area contributed by atoms with Crippen molar-refractivity contribution in [2.75, 3.05) is 47.6 Å². The van der Waals surface area contributed by atoms with E-state index in [1.165, 1.54) is 6.08 Å². The Morgan fingerprint density at radius 3 is 2.62 bits per heavy atom. The molecule has 0 spiro atoms. The second-order valence-electron chi connectivity index (χ2n) is 7.73. The monoisotopic (exact) mass is 456 g/mol. The number of nitrogens with zero attached hydrogens (tertiary/aromatic N) is 5. The van der Waals surface area contributed by atoms with Gasteiger partial charge in [0.15, 0.2) is 17.0 Å². The summed E-state index contributed by atoms with van der Waals surface area (Å²) in [5.41, 5.74) is 10.6. The molecular weight excluding hydrogens is 432 g/mol. The van der Waals surface area contributed by atoms with E-state index >= 15 is 0 Å². The lowest BCUT2D eigenvalue weighted by molar-refractivity contribution is -0.111. The van der Waals surface area contributed by atoms with Gasteiger partial charge in [-0.2, -0.15) is 9.97 Å². The van der Waals surface area contributed by atoms with E-state index in [1.807, 2.05) is 30.3 Å². The van der Waals surface area contributed by atoms with Gasteiger partial charge in [0, 0.05) is 30.2 Å². The number of rotatable bonds is 6. The normalized spacial score (nSPS) is 13.6. The van der Waals surface area contributed by atoms with Gasteiger partial charge in [0.05, 0.1) is 18.9 Å². The summed E-state index contributed by atoms with van der Waals surface area (Å²) < 4.78 is 7.22. The Balaban J connectivity index is 1.42. The maximum atomic E-state index is 11.7. The van der Waals surface area contributed by atoms with Crippen LogP contribution >= 0.6 is 0 Å². The first kappa shape index (κ1) is 21.4. The van der Waals surface area contributed by atoms with Crippen LogP contribution in [0.15, 0.2) is 67.5 Å². The molecule has 1 saturated heterocycles. The molecule has 0 saturated carbocycles. The van der Waals surface area contributed by atoms with E-state index in [9.17, 15) is 4.79 Å². The number of hydrogen-bond acceptors (Lipinski definition) is 8. The van der Waals surface area contributed by atoms with E-state index in [4.69, 9.17) is 10.5 Å². The van der Waals surface area contributed by atoms with Crippen molar-refractivity contribution in [3.63, 3.8) is 0 Å². The maximum Gasteiger partial charge on any atom is 0.247 e. The number of fused-ring (bicyclic) bond motifs is 1. The van der Waals surface area contributed by atoms with Crippen molar-refractivity contribution in [1.29, 1.82) is 0 Å². The molecule has 2 aromatic carbocycles. The first-order valence-corrected chi connectivity index (χ1v) is 10.8. The Kier molecular flexibility index (Phi) is 5.79. The van der Waals surface area contributed by atoms with Crippen molar-refractivity contribution in [1.82, 2.24) is 19.5 Å². The molecule has 0 aliphatic carbocycles. The highest BCUT2D eigenvalue weighted by Gasteiger charge is 2.14. The van der Waals surface area contributed by atoms with Crippen LogP contribution in [0.4, 0.5) is 28.8 Å². The van der Waals surface area contributed by atoms with Crippen molar-refractivity contribution in [2.45, 2.75) is 0 Å². The van der Waals surface area contributed by atoms with E-state index in [0.717, 1.165) is 43.4 Å². The number of carbonyl (C=O) groups excluding carboxylic acids is 1. The molecule has 172 valence electrons. The number of aromatic nitrogens is 4. The van der Waals surface area contributed by atoms with E-state index in [-0.39, 0.29) is 11.7 Å². The number of imidazole rings is 1. The van der Waals surface area contributed by atoms with E-state index in [0.29, 0.717) is 22.8 Å². The van der Waals surface area contributed by atoms with Crippen LogP contribution in [0, 0.1) is 0 Å². The number of nitrogens with two attached hydrogens (primary N) is 1. The molecular formula is C24H24N8O2. The van der Waals surface area contributed by atoms with Crippen molar-refractivity contribution in [3.05, 3.63) is 67.5 Å². The summed E-state index contributed by atoms with van der Waals surface area (Å²) in [6.07, 6.45) is 2.85. The zero-order valence-electron chi connectivity index (χ0n) is 18.4. The number of nitrogens with one attached hydrogen (secondary N) is 2. The van der Waals surface area contributed by atoms with Gasteiger partial charge in [-0.15, -0.1) is 0 Å². The van der Waals surface area contributed by atoms with Gasteiger partial charge >= 0.3 is 0 Å². The standard InChI is InChI=1S/C24H24N8O2/c1-2-20(33)27-17-4-3-5-19(14-17)32-15-26-21-22(25)29-24(30-23(21)32)28-16-6-8-18(9-7-16)31-10-12-34-13-11-31/h2-9,14-15H,1,10-13H2,(H,27,33)(H3,25,28,29,30). The smallest absolute Gasteiger partial charge is 0.247 e. The molecule has 0 atom stereocenters. The first-order chi connectivity index (χ1) is 16.6. The van der Waals surface area contributed by atoms with Gasteiger partial charge in [0.25, 0.3) is 0 Å². The van der Waals surface area contributed by atoms with Crippen LogP contribution in [-0.4, -0.2) is 51.7 Å². The quantitative estimate of drug-likeness (QED) is 0.378. The molecule has 1 aliphatic rings. The van der Waals surface area contributed by atoms with Gasteiger partial charge in [-0.1, -0.05) is 12.6 Å². The lowest BCUT2D eigenvalue weighted by Gasteiger charge is -2.28. The molecule has 1 aliphatic heterocycles. The highest BCUT2D eigenvalue weighted by atomic mass is 16.5. The minimum Gasteiger partial charge on any atom is -0.382 e. The van der Waals surface area contributed by atoms with E-state index < -0.39 is 0 Å². The average molecular weight is 457 g/mol. The van der Waals surface area contributed by atoms with Crippen molar-refractivity contribution < 1.29 is 9.53 Å². The summed E-state index contributed by atoms with van der Waals surface area (Å²) in [6.45, 7) is 6.72. The summed E-state index contributed by atoms with van der Waals surface area (Å²) in [5.74, 6) is 0.347. The van der Waals surface area contributed by atoms with Crippen molar-refractivity contribution >= 4 is 45.9 Å². The fourth-order valence-electron chi connectivity index (χ4n) is 3.80. The van der Waals surface area contributed by atoms with Crippen LogP contribution in [0.25, 0.3) is 16.9 Å². The van der Waals surface area contributed by atoms with Gasteiger partial charge < -0.3 is 26.0 Å². The molecule has 1 amide bonds. The fraction of sp³-hybridized carbons (Fsp3) is 0.167. The Morgan fingerprint density at radius 2 is 1.85 bits per heavy atom. The molecule has 34 heavy (non-hydrogen) atoms. The fourth-order valence-corrected chi connectivity index (χ4v) is 3.80. The summed E-state index contributed by atoms with van der Waals surface area (Å²) in [6, 6.07) is 15.4. The highest BCUT2D eigenvalue weighted by Crippen LogP contribution is 2.25. The number of morpholine rings is 1. The second-order valence-corrected chi connectivity index (χ2v) is 7.73. The molecule has 4 aromatic rings. The SMILES string of the molecule is C=CC(=O)Nc1cccc(-n2cnc3c(N)nc(Nc4ccc(N5CCOCC5)cc4)nc32)c1. The number of carbonyl (C=O) groups is 1. The van der Waals surface area contributed by atoms with Crippen LogP contribution in [0.3, 0.4) is 0 Å². The number of nitrogen functional groups attached to an aromatic ring is 1. The summed E-state index contributed by atoms with van der Waals surface area (Å²) in [4.78, 5) is 27.4. The largest absolute Gasteiger partial charge is 0.382 e. The number of benzene rings is 2. The summed E-state index contributed by atoms with van der Waals surface area (Å²) in [7, 11) is 0. The molecule has 10 nitrogen and oxygen atoms in total.